The number of rotatable bonds is 13. The van der Waals surface area contributed by atoms with Crippen molar-refractivity contribution in [2.75, 3.05) is 17.0 Å². The maximum absolute atomic E-state index is 12.3. The molecule has 1 aromatic rings. The third kappa shape index (κ3) is 11.2. The third-order valence-corrected chi connectivity index (χ3v) is 5.45. The van der Waals surface area contributed by atoms with Crippen LogP contribution in [0.25, 0.3) is 0 Å². The van der Waals surface area contributed by atoms with E-state index >= 15 is 0 Å². The highest BCUT2D eigenvalue weighted by Gasteiger charge is 2.18. The standard InChI is InChI=1S/C23H34Cl2N2O3S/c1-5-7-8-9-10-14-29-27(22(31)16-21(24)25)20-13-11-12-19(15-20)26-23(28)30-18(4)17(3)6-2/h9-13,15,17-18,21H,5-8,14,16H2,1-4H3,(H,26,28). The zero-order valence-corrected chi connectivity index (χ0v) is 21.1. The molecule has 8 heteroatoms. The second kappa shape index (κ2) is 15.5. The molecule has 0 radical (unpaired) electrons. The van der Waals surface area contributed by atoms with Crippen molar-refractivity contribution in [3.63, 3.8) is 0 Å². The molecule has 174 valence electrons. The van der Waals surface area contributed by atoms with Crippen LogP contribution >= 0.6 is 35.4 Å². The van der Waals surface area contributed by atoms with Gasteiger partial charge < -0.3 is 4.74 Å². The van der Waals surface area contributed by atoms with Gasteiger partial charge in [0.15, 0.2) is 0 Å². The molecule has 1 aromatic carbocycles. The summed E-state index contributed by atoms with van der Waals surface area (Å²) in [6.07, 6.45) is 7.86. The monoisotopic (exact) mass is 488 g/mol. The minimum Gasteiger partial charge on any atom is -0.446 e. The van der Waals surface area contributed by atoms with E-state index in [4.69, 9.17) is 45.0 Å². The van der Waals surface area contributed by atoms with E-state index in [0.717, 1.165) is 25.7 Å². The largest absolute Gasteiger partial charge is 0.446 e. The average Bonchev–Trinajstić information content (AvgIpc) is 2.72. The van der Waals surface area contributed by atoms with E-state index in [1.807, 2.05) is 26.0 Å². The van der Waals surface area contributed by atoms with Crippen molar-refractivity contribution in [3.8, 4) is 0 Å². The smallest absolute Gasteiger partial charge is 0.411 e. The van der Waals surface area contributed by atoms with E-state index in [-0.39, 0.29) is 18.4 Å². The summed E-state index contributed by atoms with van der Waals surface area (Å²) in [6, 6.07) is 7.18. The van der Waals surface area contributed by atoms with Crippen LogP contribution in [0.5, 0.6) is 0 Å². The van der Waals surface area contributed by atoms with E-state index in [0.29, 0.717) is 23.0 Å². The number of thiocarbonyl (C=S) groups is 1. The lowest BCUT2D eigenvalue weighted by Gasteiger charge is -2.25. The number of hydrogen-bond donors (Lipinski definition) is 1. The number of carbonyl (C=O) groups excluding carboxylic acids is 1. The number of anilines is 2. The molecule has 0 bridgehead atoms. The van der Waals surface area contributed by atoms with E-state index in [2.05, 4.69) is 25.2 Å². The first-order valence-corrected chi connectivity index (χ1v) is 12.0. The Bertz CT molecular complexity index is 716. The molecule has 1 amide bonds. The van der Waals surface area contributed by atoms with Crippen molar-refractivity contribution in [2.24, 2.45) is 5.92 Å². The molecule has 0 saturated heterocycles. The Morgan fingerprint density at radius 3 is 2.65 bits per heavy atom. The number of benzene rings is 1. The SMILES string of the molecule is CCCCC=CCON(C(=S)CC(Cl)Cl)c1cccc(NC(=O)OC(C)C(C)CC)c1. The minimum absolute atomic E-state index is 0.176. The quantitative estimate of drug-likeness (QED) is 0.101. The summed E-state index contributed by atoms with van der Waals surface area (Å²) in [5.41, 5.74) is 1.23. The molecule has 0 saturated carbocycles. The van der Waals surface area contributed by atoms with Gasteiger partial charge >= 0.3 is 6.09 Å². The summed E-state index contributed by atoms with van der Waals surface area (Å²) in [7, 11) is 0. The number of amides is 1. The van der Waals surface area contributed by atoms with Gasteiger partial charge in [0.05, 0.1) is 12.3 Å². The number of hydrogen-bond acceptors (Lipinski definition) is 4. The van der Waals surface area contributed by atoms with Gasteiger partial charge in [-0.15, -0.1) is 23.2 Å². The Balaban J connectivity index is 2.87. The first kappa shape index (κ1) is 27.7. The molecule has 5 nitrogen and oxygen atoms in total. The van der Waals surface area contributed by atoms with Crippen LogP contribution in [0.2, 0.25) is 0 Å². The van der Waals surface area contributed by atoms with Gasteiger partial charge in [-0.2, -0.15) is 0 Å². The van der Waals surface area contributed by atoms with Crippen molar-refractivity contribution >= 4 is 57.9 Å². The Morgan fingerprint density at radius 1 is 1.26 bits per heavy atom. The molecular weight excluding hydrogens is 455 g/mol. The molecule has 0 aliphatic carbocycles. The molecule has 0 aliphatic rings. The number of alkyl halides is 2. The summed E-state index contributed by atoms with van der Waals surface area (Å²) in [4.78, 5) is 17.9. The predicted molar refractivity (Wildman–Crippen MR) is 135 cm³/mol. The zero-order chi connectivity index (χ0) is 23.2. The Kier molecular flexibility index (Phi) is 13.8. The van der Waals surface area contributed by atoms with Gasteiger partial charge in [0, 0.05) is 12.1 Å². The highest BCUT2D eigenvalue weighted by atomic mass is 35.5. The van der Waals surface area contributed by atoms with Crippen molar-refractivity contribution in [2.45, 2.75) is 70.7 Å². The normalized spacial score (nSPS) is 13.3. The fourth-order valence-electron chi connectivity index (χ4n) is 2.61. The van der Waals surface area contributed by atoms with Crippen LogP contribution < -0.4 is 10.4 Å². The highest BCUT2D eigenvalue weighted by Crippen LogP contribution is 2.23. The van der Waals surface area contributed by atoms with Crippen LogP contribution in [-0.2, 0) is 9.57 Å². The lowest BCUT2D eigenvalue weighted by molar-refractivity contribution is 0.0877. The second-order valence-corrected chi connectivity index (χ2v) is 9.11. The van der Waals surface area contributed by atoms with Crippen LogP contribution in [0.1, 0.15) is 59.8 Å². The first-order valence-electron chi connectivity index (χ1n) is 10.7. The predicted octanol–water partition coefficient (Wildman–Crippen LogP) is 7.68. The number of halogens is 2. The van der Waals surface area contributed by atoms with Gasteiger partial charge in [-0.1, -0.05) is 70.5 Å². The minimum atomic E-state index is -0.642. The molecule has 1 N–H and O–H groups in total. The molecule has 0 fully saturated rings. The number of carbonyl (C=O) groups is 1. The van der Waals surface area contributed by atoms with Crippen LogP contribution in [0, 0.1) is 5.92 Å². The molecule has 0 heterocycles. The number of ether oxygens (including phenoxy) is 1. The first-order chi connectivity index (χ1) is 14.8. The average molecular weight is 490 g/mol. The Hall–Kier alpha value is -1.34. The zero-order valence-electron chi connectivity index (χ0n) is 18.8. The van der Waals surface area contributed by atoms with Gasteiger partial charge in [0.1, 0.15) is 15.9 Å². The van der Waals surface area contributed by atoms with E-state index in [1.54, 1.807) is 18.2 Å². The summed E-state index contributed by atoms with van der Waals surface area (Å²) in [5, 5.41) is 4.29. The molecule has 31 heavy (non-hydrogen) atoms. The number of allylic oxidation sites excluding steroid dienone is 1. The van der Waals surface area contributed by atoms with Crippen LogP contribution in [0.4, 0.5) is 16.2 Å². The third-order valence-electron chi connectivity index (χ3n) is 4.81. The summed E-state index contributed by atoms with van der Waals surface area (Å²) in [5.74, 6) is 0.280. The van der Waals surface area contributed by atoms with Crippen molar-refractivity contribution < 1.29 is 14.4 Å². The molecular formula is C23H34Cl2N2O3S. The second-order valence-electron chi connectivity index (χ2n) is 7.36. The van der Waals surface area contributed by atoms with Gasteiger partial charge in [-0.25, -0.2) is 9.86 Å². The van der Waals surface area contributed by atoms with Crippen LogP contribution in [-0.4, -0.2) is 28.6 Å². The molecule has 0 spiro atoms. The topological polar surface area (TPSA) is 50.8 Å². The molecule has 2 atom stereocenters. The maximum Gasteiger partial charge on any atom is 0.411 e. The molecule has 0 aliphatic heterocycles. The fourth-order valence-corrected chi connectivity index (χ4v) is 3.41. The van der Waals surface area contributed by atoms with E-state index < -0.39 is 10.9 Å². The molecule has 2 unspecified atom stereocenters. The highest BCUT2D eigenvalue weighted by molar-refractivity contribution is 7.80. The van der Waals surface area contributed by atoms with Gasteiger partial charge in [0.25, 0.3) is 0 Å². The van der Waals surface area contributed by atoms with Crippen LogP contribution in [0.3, 0.4) is 0 Å². The van der Waals surface area contributed by atoms with E-state index in [9.17, 15) is 4.79 Å². The fraction of sp³-hybridized carbons (Fsp3) is 0.565. The van der Waals surface area contributed by atoms with Crippen LogP contribution in [0.15, 0.2) is 36.4 Å². The van der Waals surface area contributed by atoms with Gasteiger partial charge in [-0.3, -0.25) is 10.2 Å². The van der Waals surface area contributed by atoms with Gasteiger partial charge in [-0.05, 0) is 37.5 Å². The summed E-state index contributed by atoms with van der Waals surface area (Å²) < 4.78 is 5.45. The number of nitrogens with zero attached hydrogens (tertiary/aromatic N) is 1. The van der Waals surface area contributed by atoms with Crippen molar-refractivity contribution in [1.29, 1.82) is 0 Å². The summed E-state index contributed by atoms with van der Waals surface area (Å²) in [6.45, 7) is 8.51. The number of nitrogens with one attached hydrogen (secondary N) is 1. The van der Waals surface area contributed by atoms with Crippen molar-refractivity contribution in [3.05, 3.63) is 36.4 Å². The maximum atomic E-state index is 12.3. The van der Waals surface area contributed by atoms with Gasteiger partial charge in [0.2, 0.25) is 0 Å². The molecule has 1 rings (SSSR count). The summed E-state index contributed by atoms with van der Waals surface area (Å²) >= 11 is 17.3. The van der Waals surface area contributed by atoms with E-state index in [1.165, 1.54) is 5.06 Å². The molecule has 0 aromatic heterocycles. The van der Waals surface area contributed by atoms with Crippen molar-refractivity contribution in [1.82, 2.24) is 0 Å². The Labute approximate surface area is 202 Å². The lowest BCUT2D eigenvalue weighted by Crippen LogP contribution is -2.31. The number of hydroxylamine groups is 1. The lowest BCUT2D eigenvalue weighted by atomic mass is 10.0. The Morgan fingerprint density at radius 2 is 2.00 bits per heavy atom. The number of unbranched alkanes of at least 4 members (excludes halogenated alkanes) is 2.